The fourth-order valence-electron chi connectivity index (χ4n) is 5.27. The summed E-state index contributed by atoms with van der Waals surface area (Å²) in [6, 6.07) is 23.8. The van der Waals surface area contributed by atoms with Gasteiger partial charge in [0.15, 0.2) is 0 Å². The van der Waals surface area contributed by atoms with E-state index >= 15 is 0 Å². The molecule has 8 heteroatoms. The highest BCUT2D eigenvalue weighted by Gasteiger charge is 2.33. The van der Waals surface area contributed by atoms with Gasteiger partial charge < -0.3 is 0 Å². The van der Waals surface area contributed by atoms with E-state index in [1.54, 1.807) is 54.6 Å². The summed E-state index contributed by atoms with van der Waals surface area (Å²) in [6.45, 7) is 10.2. The van der Waals surface area contributed by atoms with Gasteiger partial charge in [-0.1, -0.05) is 211 Å². The lowest BCUT2D eigenvalue weighted by molar-refractivity contribution is -0.0159. The van der Waals surface area contributed by atoms with Crippen molar-refractivity contribution in [2.75, 3.05) is 0 Å². The lowest BCUT2D eigenvalue weighted by Crippen LogP contribution is -2.18. The number of halogens is 8. The van der Waals surface area contributed by atoms with Crippen LogP contribution in [0.2, 0.25) is 0 Å². The second kappa shape index (κ2) is 31.2. The minimum atomic E-state index is -2.89. The number of allylic oxidation sites excluding steroid dienone is 1. The highest BCUT2D eigenvalue weighted by atomic mass is 79.9. The first-order valence-corrected chi connectivity index (χ1v) is 21.2. The van der Waals surface area contributed by atoms with Crippen molar-refractivity contribution in [1.82, 2.24) is 0 Å². The summed E-state index contributed by atoms with van der Waals surface area (Å²) in [5.41, 5.74) is 0.242. The van der Waals surface area contributed by atoms with Crippen LogP contribution in [0, 0.1) is 0 Å². The summed E-state index contributed by atoms with van der Waals surface area (Å²) in [5.74, 6) is -5.40. The van der Waals surface area contributed by atoms with Crippen molar-refractivity contribution >= 4 is 31.9 Å². The van der Waals surface area contributed by atoms with Crippen LogP contribution in [-0.4, -0.2) is 4.83 Å². The number of hydrogen-bond acceptors (Lipinski definition) is 0. The van der Waals surface area contributed by atoms with E-state index in [9.17, 15) is 26.3 Å². The van der Waals surface area contributed by atoms with Crippen LogP contribution >= 0.6 is 31.9 Å². The Bertz CT molecular complexity index is 1230. The Morgan fingerprint density at radius 3 is 1.32 bits per heavy atom. The molecule has 53 heavy (non-hydrogen) atoms. The molecule has 3 aromatic rings. The minimum Gasteiger partial charge on any atom is -0.201 e. The molecule has 0 heterocycles. The number of hydrogen-bond donors (Lipinski definition) is 0. The number of rotatable bonds is 22. The molecule has 1 unspecified atom stereocenters. The Morgan fingerprint density at radius 2 is 0.906 bits per heavy atom. The third kappa shape index (κ3) is 27.2. The quantitative estimate of drug-likeness (QED) is 0.0408. The van der Waals surface area contributed by atoms with Crippen LogP contribution in [0.1, 0.15) is 153 Å². The highest BCUT2D eigenvalue weighted by Crippen LogP contribution is 2.36. The monoisotopic (exact) mass is 876 g/mol. The van der Waals surface area contributed by atoms with Crippen LogP contribution in [-0.2, 0) is 16.7 Å². The van der Waals surface area contributed by atoms with Crippen LogP contribution in [0.15, 0.2) is 104 Å². The van der Waals surface area contributed by atoms with Crippen molar-refractivity contribution in [3.05, 3.63) is 120 Å². The smallest absolute Gasteiger partial charge is 0.201 e. The molecular weight excluding hydrogens is 814 g/mol. The molecule has 0 N–H and O–H groups in total. The van der Waals surface area contributed by atoms with E-state index in [0.717, 1.165) is 32.1 Å². The summed E-state index contributed by atoms with van der Waals surface area (Å²) in [7, 11) is 0. The van der Waals surface area contributed by atoms with Gasteiger partial charge in [0, 0.05) is 34.4 Å². The van der Waals surface area contributed by atoms with Gasteiger partial charge in [-0.05, 0) is 41.6 Å². The first-order chi connectivity index (χ1) is 25.2. The SMILES string of the molecule is C=CCCCCCC.CCCCCCC(Br)CC(F)(F)c1ccccc1.CCCCCCCCC(F)(F)c1ccccc1.FC(F)(Br)c1ccccc1. The van der Waals surface area contributed by atoms with Crippen molar-refractivity contribution in [3.63, 3.8) is 0 Å². The number of benzene rings is 3. The molecule has 0 bridgehead atoms. The van der Waals surface area contributed by atoms with Crippen molar-refractivity contribution in [2.24, 2.45) is 0 Å². The molecule has 0 aliphatic carbocycles. The topological polar surface area (TPSA) is 0 Å². The Hall–Kier alpha value is -2.06. The summed E-state index contributed by atoms with van der Waals surface area (Å²) >= 11 is 5.64. The molecule has 300 valence electrons. The second-order valence-electron chi connectivity index (χ2n) is 13.3. The van der Waals surface area contributed by atoms with Gasteiger partial charge in [0.2, 0.25) is 0 Å². The number of alkyl halides is 8. The predicted octanol–water partition coefficient (Wildman–Crippen LogP) is 17.7. The second-order valence-corrected chi connectivity index (χ2v) is 15.6. The molecule has 0 saturated carbocycles. The molecule has 0 nitrogen and oxygen atoms in total. The van der Waals surface area contributed by atoms with Gasteiger partial charge in [-0.15, -0.1) is 6.58 Å². The maximum absolute atomic E-state index is 14.0. The third-order valence-electron chi connectivity index (χ3n) is 8.45. The molecule has 1 atom stereocenters. The molecule has 0 aromatic heterocycles. The van der Waals surface area contributed by atoms with Gasteiger partial charge in [-0.3, -0.25) is 0 Å². The first kappa shape index (κ1) is 50.9. The molecule has 0 radical (unpaired) electrons. The summed E-state index contributed by atoms with van der Waals surface area (Å²) in [6.07, 6.45) is 20.0. The van der Waals surface area contributed by atoms with Crippen molar-refractivity contribution in [3.8, 4) is 0 Å². The van der Waals surface area contributed by atoms with E-state index in [-0.39, 0.29) is 34.4 Å². The normalized spacial score (nSPS) is 11.9. The summed E-state index contributed by atoms with van der Waals surface area (Å²) in [5, 5.41) is 0. The zero-order valence-electron chi connectivity index (χ0n) is 32.3. The maximum atomic E-state index is 14.0. The third-order valence-corrected chi connectivity index (χ3v) is 9.69. The maximum Gasteiger partial charge on any atom is 0.326 e. The van der Waals surface area contributed by atoms with E-state index in [1.807, 2.05) is 6.08 Å². The average molecular weight is 879 g/mol. The van der Waals surface area contributed by atoms with E-state index in [2.05, 4.69) is 59.2 Å². The van der Waals surface area contributed by atoms with Crippen molar-refractivity contribution in [2.45, 2.75) is 158 Å². The Labute approximate surface area is 334 Å². The molecule has 0 aliphatic rings. The number of unbranched alkanes of at least 4 members (excludes halogenated alkanes) is 12. The zero-order chi connectivity index (χ0) is 39.9. The predicted molar refractivity (Wildman–Crippen MR) is 223 cm³/mol. The van der Waals surface area contributed by atoms with Crippen LogP contribution in [0.3, 0.4) is 0 Å². The van der Waals surface area contributed by atoms with Gasteiger partial charge in [0.05, 0.1) is 0 Å². The summed E-state index contributed by atoms with van der Waals surface area (Å²) in [4.78, 5) is -3.00. The highest BCUT2D eigenvalue weighted by molar-refractivity contribution is 9.09. The van der Waals surface area contributed by atoms with E-state index < -0.39 is 16.7 Å². The Morgan fingerprint density at radius 1 is 0.528 bits per heavy atom. The molecular formula is C45H64Br2F6. The van der Waals surface area contributed by atoms with Gasteiger partial charge in [-0.25, -0.2) is 17.6 Å². The van der Waals surface area contributed by atoms with E-state index in [0.29, 0.717) is 6.42 Å². The lowest BCUT2D eigenvalue weighted by atomic mass is 10.0. The van der Waals surface area contributed by atoms with Gasteiger partial charge >= 0.3 is 4.83 Å². The van der Waals surface area contributed by atoms with Gasteiger partial charge in [-0.2, -0.15) is 8.78 Å². The molecule has 3 aromatic carbocycles. The van der Waals surface area contributed by atoms with Crippen LogP contribution in [0.4, 0.5) is 26.3 Å². The fourth-order valence-corrected chi connectivity index (χ4v) is 6.26. The Balaban J connectivity index is 0.000000715. The van der Waals surface area contributed by atoms with Gasteiger partial charge in [0.25, 0.3) is 11.8 Å². The Kier molecular flexibility index (Phi) is 30.0. The summed E-state index contributed by atoms with van der Waals surface area (Å²) < 4.78 is 80.1. The molecule has 0 saturated heterocycles. The standard InChI is InChI=1S/C15H21BrF2.C15H22F2.C8H16.C7H5BrF2/c1-2-3-4-8-11-14(16)12-15(17,18)13-9-6-5-7-10-13;1-2-3-4-5-6-10-13-15(16,17)14-11-8-7-9-12-14;1-3-5-7-8-6-4-2;8-7(9,10)6-4-2-1-3-5-6/h5-7,9-10,14H,2-4,8,11-12H2,1H3;7-9,11-12H,2-6,10,13H2,1H3;3H,1,4-8H2,2H3;1-5H. The van der Waals surface area contributed by atoms with Crippen LogP contribution in [0.5, 0.6) is 0 Å². The van der Waals surface area contributed by atoms with Crippen molar-refractivity contribution < 1.29 is 26.3 Å². The molecule has 3 rings (SSSR count). The van der Waals surface area contributed by atoms with E-state index in [1.165, 1.54) is 101 Å². The van der Waals surface area contributed by atoms with Crippen LogP contribution < -0.4 is 0 Å². The average Bonchev–Trinajstić information content (AvgIpc) is 3.15. The van der Waals surface area contributed by atoms with E-state index in [4.69, 9.17) is 0 Å². The molecule has 0 amide bonds. The molecule has 0 fully saturated rings. The van der Waals surface area contributed by atoms with Crippen molar-refractivity contribution in [1.29, 1.82) is 0 Å². The minimum absolute atomic E-state index is 0.0185. The lowest BCUT2D eigenvalue weighted by Gasteiger charge is -2.20. The molecule has 0 aliphatic heterocycles. The molecule has 0 spiro atoms. The van der Waals surface area contributed by atoms with Crippen LogP contribution in [0.25, 0.3) is 0 Å². The fraction of sp³-hybridized carbons (Fsp3) is 0.556. The van der Waals surface area contributed by atoms with Gasteiger partial charge in [0.1, 0.15) is 0 Å². The zero-order valence-corrected chi connectivity index (χ0v) is 35.4. The first-order valence-electron chi connectivity index (χ1n) is 19.5. The largest absolute Gasteiger partial charge is 0.326 e.